The van der Waals surface area contributed by atoms with Crippen molar-refractivity contribution in [3.05, 3.63) is 35.9 Å². The van der Waals surface area contributed by atoms with Gasteiger partial charge in [-0.1, -0.05) is 37.3 Å². The van der Waals surface area contributed by atoms with Gasteiger partial charge in [0.05, 0.1) is 6.54 Å². The van der Waals surface area contributed by atoms with Crippen molar-refractivity contribution >= 4 is 36.6 Å². The van der Waals surface area contributed by atoms with Gasteiger partial charge >= 0.3 is 0 Å². The molecule has 0 saturated carbocycles. The third-order valence-electron chi connectivity index (χ3n) is 4.31. The third-order valence-corrected chi connectivity index (χ3v) is 4.31. The van der Waals surface area contributed by atoms with Gasteiger partial charge in [-0.05, 0) is 24.8 Å². The van der Waals surface area contributed by atoms with E-state index in [0.717, 1.165) is 44.5 Å². The number of hydrogen-bond donors (Lipinski definition) is 3. The number of rotatable bonds is 7. The number of amides is 2. The highest BCUT2D eigenvalue weighted by atomic mass is 35.5. The van der Waals surface area contributed by atoms with Crippen molar-refractivity contribution in [3.63, 3.8) is 0 Å². The Morgan fingerprint density at radius 3 is 2.38 bits per heavy atom. The molecule has 1 unspecified atom stereocenters. The van der Waals surface area contributed by atoms with E-state index in [1.165, 1.54) is 0 Å². The number of nitrogens with one attached hydrogen (secondary N) is 2. The second kappa shape index (κ2) is 12.9. The summed E-state index contributed by atoms with van der Waals surface area (Å²) in [5.41, 5.74) is 6.84. The van der Waals surface area contributed by atoms with Gasteiger partial charge in [-0.2, -0.15) is 0 Å². The first-order chi connectivity index (χ1) is 11.6. The monoisotopic (exact) mass is 404 g/mol. The summed E-state index contributed by atoms with van der Waals surface area (Å²) in [4.78, 5) is 26.1. The average Bonchev–Trinajstić information content (AvgIpc) is 2.61. The van der Waals surface area contributed by atoms with Crippen LogP contribution in [-0.4, -0.2) is 48.9 Å². The highest BCUT2D eigenvalue weighted by Gasteiger charge is 2.24. The molecule has 2 amide bonds. The Morgan fingerprint density at radius 1 is 1.19 bits per heavy atom. The van der Waals surface area contributed by atoms with E-state index in [0.29, 0.717) is 6.54 Å². The molecule has 1 aromatic rings. The molecule has 8 heteroatoms. The number of carbonyl (C=O) groups excluding carboxylic acids is 2. The van der Waals surface area contributed by atoms with E-state index < -0.39 is 6.04 Å². The Balaban J connectivity index is 0.00000312. The van der Waals surface area contributed by atoms with Crippen molar-refractivity contribution in [2.45, 2.75) is 38.3 Å². The van der Waals surface area contributed by atoms with E-state index in [1.807, 2.05) is 37.3 Å². The molecule has 0 aromatic heterocycles. The predicted molar refractivity (Wildman–Crippen MR) is 109 cm³/mol. The van der Waals surface area contributed by atoms with Crippen LogP contribution in [0, 0.1) is 0 Å². The van der Waals surface area contributed by atoms with Crippen LogP contribution in [0.3, 0.4) is 0 Å². The Hall–Kier alpha value is -1.34. The van der Waals surface area contributed by atoms with Gasteiger partial charge in [0.15, 0.2) is 0 Å². The van der Waals surface area contributed by atoms with Crippen LogP contribution in [0.2, 0.25) is 0 Å². The minimum absolute atomic E-state index is 0. The van der Waals surface area contributed by atoms with Gasteiger partial charge in [0.2, 0.25) is 11.8 Å². The molecule has 1 aromatic carbocycles. The van der Waals surface area contributed by atoms with Crippen LogP contribution in [0.25, 0.3) is 0 Å². The molecule has 1 aliphatic rings. The van der Waals surface area contributed by atoms with Crippen LogP contribution < -0.4 is 16.4 Å². The SMILES string of the molecule is CCCNC(=O)CN1CCC(NC(=O)C(N)c2ccccc2)CC1.Cl.Cl. The van der Waals surface area contributed by atoms with E-state index in [1.54, 1.807) is 0 Å². The second-order valence-electron chi connectivity index (χ2n) is 6.30. The number of nitrogens with zero attached hydrogens (tertiary/aromatic N) is 1. The Morgan fingerprint density at radius 2 is 1.81 bits per heavy atom. The standard InChI is InChI=1S/C18H28N4O2.2ClH/c1-2-10-20-16(23)13-22-11-8-15(9-12-22)21-18(24)17(19)14-6-4-3-5-7-14;;/h3-7,15,17H,2,8-13,19H2,1H3,(H,20,23)(H,21,24);2*1H. The maximum atomic E-state index is 12.3. The van der Waals surface area contributed by atoms with E-state index in [2.05, 4.69) is 15.5 Å². The van der Waals surface area contributed by atoms with E-state index >= 15 is 0 Å². The van der Waals surface area contributed by atoms with E-state index in [-0.39, 0.29) is 42.7 Å². The summed E-state index contributed by atoms with van der Waals surface area (Å²) in [6, 6.07) is 8.88. The smallest absolute Gasteiger partial charge is 0.241 e. The lowest BCUT2D eigenvalue weighted by atomic mass is 10.0. The molecule has 1 atom stereocenters. The first kappa shape index (κ1) is 24.7. The first-order valence-electron chi connectivity index (χ1n) is 8.70. The van der Waals surface area contributed by atoms with Crippen molar-refractivity contribution in [3.8, 4) is 0 Å². The molecule has 2 rings (SSSR count). The first-order valence-corrected chi connectivity index (χ1v) is 8.70. The van der Waals surface area contributed by atoms with Crippen LogP contribution in [0.5, 0.6) is 0 Å². The molecule has 0 bridgehead atoms. The van der Waals surface area contributed by atoms with Crippen molar-refractivity contribution in [2.24, 2.45) is 5.73 Å². The predicted octanol–water partition coefficient (Wildman–Crippen LogP) is 1.64. The fraction of sp³-hybridized carbons (Fsp3) is 0.556. The highest BCUT2D eigenvalue weighted by molar-refractivity contribution is 5.85. The largest absolute Gasteiger partial charge is 0.355 e. The summed E-state index contributed by atoms with van der Waals surface area (Å²) in [5, 5.41) is 5.92. The lowest BCUT2D eigenvalue weighted by Crippen LogP contribution is -2.49. The molecule has 0 aliphatic carbocycles. The third kappa shape index (κ3) is 7.91. The zero-order chi connectivity index (χ0) is 17.4. The van der Waals surface area contributed by atoms with Gasteiger partial charge in [-0.25, -0.2) is 0 Å². The van der Waals surface area contributed by atoms with E-state index in [4.69, 9.17) is 5.73 Å². The molecule has 0 radical (unpaired) electrons. The van der Waals surface area contributed by atoms with Crippen molar-refractivity contribution in [1.82, 2.24) is 15.5 Å². The fourth-order valence-corrected chi connectivity index (χ4v) is 2.86. The Labute approximate surface area is 168 Å². The van der Waals surface area contributed by atoms with Gasteiger partial charge < -0.3 is 16.4 Å². The maximum Gasteiger partial charge on any atom is 0.241 e. The van der Waals surface area contributed by atoms with Crippen LogP contribution in [0.1, 0.15) is 37.8 Å². The Bertz CT molecular complexity index is 537. The number of carbonyl (C=O) groups is 2. The van der Waals surface area contributed by atoms with Crippen LogP contribution in [0.15, 0.2) is 30.3 Å². The normalized spacial score (nSPS) is 15.9. The molecule has 1 fully saturated rings. The Kier molecular flexibility index (Phi) is 12.3. The molecule has 0 spiro atoms. The second-order valence-corrected chi connectivity index (χ2v) is 6.30. The quantitative estimate of drug-likeness (QED) is 0.644. The molecular weight excluding hydrogens is 375 g/mol. The summed E-state index contributed by atoms with van der Waals surface area (Å²) >= 11 is 0. The molecule has 4 N–H and O–H groups in total. The van der Waals surface area contributed by atoms with Gasteiger partial charge in [0.1, 0.15) is 6.04 Å². The molecule has 148 valence electrons. The number of hydrogen-bond acceptors (Lipinski definition) is 4. The van der Waals surface area contributed by atoms with Gasteiger partial charge in [0, 0.05) is 25.7 Å². The average molecular weight is 405 g/mol. The zero-order valence-corrected chi connectivity index (χ0v) is 16.8. The van der Waals surface area contributed by atoms with Crippen molar-refractivity contribution < 1.29 is 9.59 Å². The number of likely N-dealkylation sites (tertiary alicyclic amines) is 1. The summed E-state index contributed by atoms with van der Waals surface area (Å²) in [7, 11) is 0. The minimum Gasteiger partial charge on any atom is -0.355 e. The summed E-state index contributed by atoms with van der Waals surface area (Å²) < 4.78 is 0. The van der Waals surface area contributed by atoms with Gasteiger partial charge in [-0.3, -0.25) is 14.5 Å². The fourth-order valence-electron chi connectivity index (χ4n) is 2.86. The number of piperidine rings is 1. The highest BCUT2D eigenvalue weighted by Crippen LogP contribution is 2.13. The van der Waals surface area contributed by atoms with Crippen LogP contribution in [0.4, 0.5) is 0 Å². The lowest BCUT2D eigenvalue weighted by Gasteiger charge is -2.32. The summed E-state index contributed by atoms with van der Waals surface area (Å²) in [6.07, 6.45) is 2.63. The number of nitrogens with two attached hydrogens (primary N) is 1. The topological polar surface area (TPSA) is 87.5 Å². The minimum atomic E-state index is -0.635. The summed E-state index contributed by atoms with van der Waals surface area (Å²) in [5.74, 6) is -0.0641. The van der Waals surface area contributed by atoms with Crippen molar-refractivity contribution in [1.29, 1.82) is 0 Å². The van der Waals surface area contributed by atoms with Crippen LogP contribution >= 0.6 is 24.8 Å². The van der Waals surface area contributed by atoms with Gasteiger partial charge in [0.25, 0.3) is 0 Å². The lowest BCUT2D eigenvalue weighted by molar-refractivity contribution is -0.125. The van der Waals surface area contributed by atoms with Gasteiger partial charge in [-0.15, -0.1) is 24.8 Å². The molecule has 26 heavy (non-hydrogen) atoms. The number of benzene rings is 1. The van der Waals surface area contributed by atoms with E-state index in [9.17, 15) is 9.59 Å². The maximum absolute atomic E-state index is 12.3. The summed E-state index contributed by atoms with van der Waals surface area (Å²) in [6.45, 7) is 4.82. The molecular formula is C18H30Cl2N4O2. The molecule has 1 saturated heterocycles. The number of halogens is 2. The zero-order valence-electron chi connectivity index (χ0n) is 15.1. The van der Waals surface area contributed by atoms with Crippen LogP contribution in [-0.2, 0) is 9.59 Å². The molecule has 1 heterocycles. The molecule has 6 nitrogen and oxygen atoms in total. The van der Waals surface area contributed by atoms with Crippen molar-refractivity contribution in [2.75, 3.05) is 26.2 Å². The molecule has 1 aliphatic heterocycles.